The van der Waals surface area contributed by atoms with E-state index in [2.05, 4.69) is 15.3 Å². The van der Waals surface area contributed by atoms with Crippen LogP contribution >= 0.6 is 0 Å². The van der Waals surface area contributed by atoms with Gasteiger partial charge in [0.1, 0.15) is 0 Å². The zero-order chi connectivity index (χ0) is 17.7. The van der Waals surface area contributed by atoms with Crippen molar-refractivity contribution in [2.45, 2.75) is 6.61 Å². The second kappa shape index (κ2) is 7.42. The van der Waals surface area contributed by atoms with Crippen LogP contribution in [-0.4, -0.2) is 24.6 Å². The fourth-order valence-electron chi connectivity index (χ4n) is 2.23. The SMILES string of the molecule is CS(=O)(=O)OCc1cccc(Nc2nccc(-c3ccccc3)n2)c1. The molecule has 0 fully saturated rings. The van der Waals surface area contributed by atoms with Crippen LogP contribution in [0.5, 0.6) is 0 Å². The van der Waals surface area contributed by atoms with Crippen molar-refractivity contribution in [2.75, 3.05) is 11.6 Å². The lowest BCUT2D eigenvalue weighted by molar-refractivity contribution is 0.312. The van der Waals surface area contributed by atoms with E-state index in [1.165, 1.54) is 0 Å². The summed E-state index contributed by atoms with van der Waals surface area (Å²) in [6, 6.07) is 18.9. The number of rotatable bonds is 6. The lowest BCUT2D eigenvalue weighted by Crippen LogP contribution is -2.03. The molecule has 0 aliphatic heterocycles. The van der Waals surface area contributed by atoms with Crippen LogP contribution in [0.3, 0.4) is 0 Å². The molecule has 0 aliphatic rings. The van der Waals surface area contributed by atoms with Crippen molar-refractivity contribution in [1.82, 2.24) is 9.97 Å². The number of hydrogen-bond acceptors (Lipinski definition) is 6. The van der Waals surface area contributed by atoms with Gasteiger partial charge in [-0.1, -0.05) is 42.5 Å². The largest absolute Gasteiger partial charge is 0.324 e. The highest BCUT2D eigenvalue weighted by Crippen LogP contribution is 2.20. The van der Waals surface area contributed by atoms with Crippen LogP contribution in [0.15, 0.2) is 66.9 Å². The second-order valence-corrected chi connectivity index (χ2v) is 7.07. The third kappa shape index (κ3) is 5.10. The van der Waals surface area contributed by atoms with Crippen molar-refractivity contribution in [3.05, 3.63) is 72.4 Å². The van der Waals surface area contributed by atoms with Crippen molar-refractivity contribution >= 4 is 21.8 Å². The summed E-state index contributed by atoms with van der Waals surface area (Å²) in [5, 5.41) is 3.12. The van der Waals surface area contributed by atoms with Gasteiger partial charge < -0.3 is 5.32 Å². The average Bonchev–Trinajstić information content (AvgIpc) is 2.61. The Morgan fingerprint density at radius 3 is 2.60 bits per heavy atom. The van der Waals surface area contributed by atoms with Crippen molar-refractivity contribution in [3.63, 3.8) is 0 Å². The zero-order valence-corrected chi connectivity index (χ0v) is 14.4. The molecule has 6 nitrogen and oxygen atoms in total. The molecule has 0 bridgehead atoms. The topological polar surface area (TPSA) is 81.2 Å². The predicted molar refractivity (Wildman–Crippen MR) is 96.8 cm³/mol. The number of aromatic nitrogens is 2. The minimum Gasteiger partial charge on any atom is -0.324 e. The minimum absolute atomic E-state index is 0.0146. The molecule has 0 saturated heterocycles. The second-order valence-electron chi connectivity index (χ2n) is 5.42. The first kappa shape index (κ1) is 17.1. The Morgan fingerprint density at radius 2 is 1.84 bits per heavy atom. The van der Waals surface area contributed by atoms with Crippen LogP contribution in [-0.2, 0) is 20.9 Å². The first-order valence-corrected chi connectivity index (χ1v) is 9.40. The number of nitrogens with one attached hydrogen (secondary N) is 1. The smallest absolute Gasteiger partial charge is 0.264 e. The van der Waals surface area contributed by atoms with E-state index in [4.69, 9.17) is 4.18 Å². The van der Waals surface area contributed by atoms with E-state index in [1.54, 1.807) is 18.3 Å². The Bertz CT molecular complexity index is 960. The highest BCUT2D eigenvalue weighted by atomic mass is 32.2. The zero-order valence-electron chi connectivity index (χ0n) is 13.6. The lowest BCUT2D eigenvalue weighted by Gasteiger charge is -2.08. The van der Waals surface area contributed by atoms with E-state index in [0.717, 1.165) is 28.8 Å². The maximum absolute atomic E-state index is 11.1. The quantitative estimate of drug-likeness (QED) is 0.683. The van der Waals surface area contributed by atoms with Gasteiger partial charge in [-0.2, -0.15) is 8.42 Å². The molecule has 0 aliphatic carbocycles. The van der Waals surface area contributed by atoms with E-state index in [9.17, 15) is 8.42 Å². The molecule has 1 N–H and O–H groups in total. The van der Waals surface area contributed by atoms with Gasteiger partial charge in [-0.25, -0.2) is 9.97 Å². The van der Waals surface area contributed by atoms with Crippen LogP contribution in [0.4, 0.5) is 11.6 Å². The first-order chi connectivity index (χ1) is 12.0. The third-order valence-electron chi connectivity index (χ3n) is 3.35. The molecule has 0 atom stereocenters. The summed E-state index contributed by atoms with van der Waals surface area (Å²) in [7, 11) is -3.48. The molecule has 1 aromatic heterocycles. The van der Waals surface area contributed by atoms with Crippen molar-refractivity contribution in [2.24, 2.45) is 0 Å². The van der Waals surface area contributed by atoms with Gasteiger partial charge in [0.25, 0.3) is 10.1 Å². The number of anilines is 2. The first-order valence-electron chi connectivity index (χ1n) is 7.58. The van der Waals surface area contributed by atoms with Gasteiger partial charge in [0, 0.05) is 17.4 Å². The van der Waals surface area contributed by atoms with Gasteiger partial charge in [-0.05, 0) is 23.8 Å². The minimum atomic E-state index is -3.48. The molecule has 25 heavy (non-hydrogen) atoms. The Kier molecular flexibility index (Phi) is 5.06. The van der Waals surface area contributed by atoms with E-state index >= 15 is 0 Å². The fourth-order valence-corrected chi connectivity index (χ4v) is 2.58. The average molecular weight is 355 g/mol. The molecule has 3 rings (SSSR count). The Balaban J connectivity index is 1.77. The molecule has 7 heteroatoms. The molecule has 128 valence electrons. The van der Waals surface area contributed by atoms with E-state index < -0.39 is 10.1 Å². The standard InChI is InChI=1S/C18H17N3O3S/c1-25(22,23)24-13-14-6-5-9-16(12-14)20-18-19-11-10-17(21-18)15-7-3-2-4-8-15/h2-12H,13H2,1H3,(H,19,20,21). The predicted octanol–water partition coefficient (Wildman–Crippen LogP) is 3.36. The summed E-state index contributed by atoms with van der Waals surface area (Å²) < 4.78 is 27.0. The van der Waals surface area contributed by atoms with E-state index in [0.29, 0.717) is 5.95 Å². The molecular weight excluding hydrogens is 338 g/mol. The number of benzene rings is 2. The third-order valence-corrected chi connectivity index (χ3v) is 3.89. The summed E-state index contributed by atoms with van der Waals surface area (Å²) in [6.45, 7) is -0.0146. The van der Waals surface area contributed by atoms with Gasteiger partial charge in [0.15, 0.2) is 0 Å². The van der Waals surface area contributed by atoms with Crippen LogP contribution in [0.1, 0.15) is 5.56 Å². The van der Waals surface area contributed by atoms with Gasteiger partial charge in [-0.3, -0.25) is 4.18 Å². The maximum Gasteiger partial charge on any atom is 0.264 e. The molecule has 0 radical (unpaired) electrons. The molecule has 0 amide bonds. The molecule has 0 spiro atoms. The highest BCUT2D eigenvalue weighted by molar-refractivity contribution is 7.85. The summed E-state index contributed by atoms with van der Waals surface area (Å²) in [5.74, 6) is 0.461. The summed E-state index contributed by atoms with van der Waals surface area (Å²) >= 11 is 0. The fraction of sp³-hybridized carbons (Fsp3) is 0.111. The Morgan fingerprint density at radius 1 is 1.04 bits per heavy atom. The summed E-state index contributed by atoms with van der Waals surface area (Å²) in [4.78, 5) is 8.73. The highest BCUT2D eigenvalue weighted by Gasteiger charge is 2.05. The van der Waals surface area contributed by atoms with Crippen LogP contribution in [0.2, 0.25) is 0 Å². The Labute approximate surface area is 146 Å². The number of nitrogens with zero attached hydrogens (tertiary/aromatic N) is 2. The Hall–Kier alpha value is -2.77. The number of hydrogen-bond donors (Lipinski definition) is 1. The monoisotopic (exact) mass is 355 g/mol. The van der Waals surface area contributed by atoms with Gasteiger partial charge >= 0.3 is 0 Å². The van der Waals surface area contributed by atoms with Crippen LogP contribution in [0, 0.1) is 0 Å². The van der Waals surface area contributed by atoms with Gasteiger partial charge in [-0.15, -0.1) is 0 Å². The molecule has 2 aromatic carbocycles. The van der Waals surface area contributed by atoms with Gasteiger partial charge in [0.05, 0.1) is 18.6 Å². The molecule has 3 aromatic rings. The van der Waals surface area contributed by atoms with Crippen LogP contribution in [0.25, 0.3) is 11.3 Å². The van der Waals surface area contributed by atoms with Crippen molar-refractivity contribution in [3.8, 4) is 11.3 Å². The maximum atomic E-state index is 11.1. The van der Waals surface area contributed by atoms with Crippen molar-refractivity contribution in [1.29, 1.82) is 0 Å². The molecule has 0 unspecified atom stereocenters. The molecule has 1 heterocycles. The molecule has 0 saturated carbocycles. The van der Waals surface area contributed by atoms with Crippen LogP contribution < -0.4 is 5.32 Å². The molecular formula is C18H17N3O3S. The van der Waals surface area contributed by atoms with E-state index in [1.807, 2.05) is 48.5 Å². The lowest BCUT2D eigenvalue weighted by atomic mass is 10.1. The normalized spacial score (nSPS) is 11.2. The summed E-state index contributed by atoms with van der Waals surface area (Å²) in [5.41, 5.74) is 3.30. The van der Waals surface area contributed by atoms with Gasteiger partial charge in [0.2, 0.25) is 5.95 Å². The summed E-state index contributed by atoms with van der Waals surface area (Å²) in [6.07, 6.45) is 2.71. The van der Waals surface area contributed by atoms with E-state index in [-0.39, 0.29) is 6.61 Å². The van der Waals surface area contributed by atoms with Crippen molar-refractivity contribution < 1.29 is 12.6 Å².